The van der Waals surface area contributed by atoms with Crippen LogP contribution in [-0.2, 0) is 9.53 Å². The van der Waals surface area contributed by atoms with Gasteiger partial charge in [-0.3, -0.25) is 4.79 Å². The summed E-state index contributed by atoms with van der Waals surface area (Å²) in [6.45, 7) is 10.5. The Morgan fingerprint density at radius 3 is 2.12 bits per heavy atom. The number of esters is 1. The van der Waals surface area contributed by atoms with Crippen LogP contribution in [0.25, 0.3) is 0 Å². The van der Waals surface area contributed by atoms with Crippen LogP contribution in [0.5, 0.6) is 0 Å². The summed E-state index contributed by atoms with van der Waals surface area (Å²) in [7, 11) is 0. The molecule has 0 radical (unpaired) electrons. The largest absolute Gasteiger partial charge is 0.459 e. The molecule has 16 heavy (non-hydrogen) atoms. The highest BCUT2D eigenvalue weighted by Gasteiger charge is 2.30. The first-order valence-electron chi connectivity index (χ1n) is 6.69. The monoisotopic (exact) mass is 228 g/mol. The number of unbranched alkanes of at least 4 members (excludes halogenated alkanes) is 2. The second kappa shape index (κ2) is 7.70. The van der Waals surface area contributed by atoms with Crippen LogP contribution in [0.3, 0.4) is 0 Å². The van der Waals surface area contributed by atoms with Crippen LogP contribution < -0.4 is 0 Å². The second-order valence-electron chi connectivity index (χ2n) is 5.05. The van der Waals surface area contributed by atoms with Crippen LogP contribution >= 0.6 is 0 Å². The standard InChI is InChI=1S/C14H28O2/c1-6-9-10-11-13(15)16-14(4,5)12(7-2)8-3/h12H,6-11H2,1-5H3. The number of ether oxygens (including phenoxy) is 1. The smallest absolute Gasteiger partial charge is 0.306 e. The van der Waals surface area contributed by atoms with E-state index in [-0.39, 0.29) is 11.6 Å². The Morgan fingerprint density at radius 1 is 1.12 bits per heavy atom. The Bertz CT molecular complexity index is 193. The van der Waals surface area contributed by atoms with Crippen molar-refractivity contribution in [1.82, 2.24) is 0 Å². The van der Waals surface area contributed by atoms with Crippen molar-refractivity contribution in [1.29, 1.82) is 0 Å². The lowest BCUT2D eigenvalue weighted by Crippen LogP contribution is -2.36. The lowest BCUT2D eigenvalue weighted by molar-refractivity contribution is -0.162. The van der Waals surface area contributed by atoms with Crippen molar-refractivity contribution < 1.29 is 9.53 Å². The molecule has 2 nitrogen and oxygen atoms in total. The molecule has 2 heteroatoms. The zero-order chi connectivity index (χ0) is 12.6. The molecule has 0 bridgehead atoms. The number of carbonyl (C=O) groups excluding carboxylic acids is 1. The van der Waals surface area contributed by atoms with Gasteiger partial charge in [0.1, 0.15) is 5.60 Å². The molecule has 0 aromatic heterocycles. The van der Waals surface area contributed by atoms with E-state index in [1.165, 1.54) is 0 Å². The topological polar surface area (TPSA) is 26.3 Å². The number of rotatable bonds is 8. The van der Waals surface area contributed by atoms with Gasteiger partial charge in [-0.25, -0.2) is 0 Å². The van der Waals surface area contributed by atoms with Crippen LogP contribution in [0.1, 0.15) is 73.1 Å². The van der Waals surface area contributed by atoms with Crippen LogP contribution in [-0.4, -0.2) is 11.6 Å². The summed E-state index contributed by atoms with van der Waals surface area (Å²) < 4.78 is 5.59. The highest BCUT2D eigenvalue weighted by atomic mass is 16.6. The lowest BCUT2D eigenvalue weighted by Gasteiger charge is -2.33. The molecule has 0 spiro atoms. The molecule has 0 heterocycles. The predicted molar refractivity (Wildman–Crippen MR) is 68.4 cm³/mol. The normalized spacial score (nSPS) is 11.9. The maximum absolute atomic E-state index is 11.6. The van der Waals surface area contributed by atoms with Crippen molar-refractivity contribution in [2.45, 2.75) is 78.7 Å². The molecule has 96 valence electrons. The Balaban J connectivity index is 4.08. The van der Waals surface area contributed by atoms with Crippen LogP contribution in [0.4, 0.5) is 0 Å². The van der Waals surface area contributed by atoms with Crippen LogP contribution in [0.15, 0.2) is 0 Å². The minimum Gasteiger partial charge on any atom is -0.459 e. The molecule has 0 saturated carbocycles. The highest BCUT2D eigenvalue weighted by Crippen LogP contribution is 2.27. The summed E-state index contributed by atoms with van der Waals surface area (Å²) >= 11 is 0. The van der Waals surface area contributed by atoms with Gasteiger partial charge in [0.15, 0.2) is 0 Å². The summed E-state index contributed by atoms with van der Waals surface area (Å²) in [6, 6.07) is 0. The third-order valence-electron chi connectivity index (χ3n) is 3.33. The fourth-order valence-electron chi connectivity index (χ4n) is 2.22. The summed E-state index contributed by atoms with van der Waals surface area (Å²) in [6.07, 6.45) is 5.90. The Morgan fingerprint density at radius 2 is 1.69 bits per heavy atom. The van der Waals surface area contributed by atoms with Gasteiger partial charge in [0.2, 0.25) is 0 Å². The molecule has 0 fully saturated rings. The van der Waals surface area contributed by atoms with Crippen molar-refractivity contribution in [3.63, 3.8) is 0 Å². The molecular formula is C14H28O2. The second-order valence-corrected chi connectivity index (χ2v) is 5.05. The Kier molecular flexibility index (Phi) is 7.44. The van der Waals surface area contributed by atoms with Gasteiger partial charge in [0.05, 0.1) is 0 Å². The molecular weight excluding hydrogens is 200 g/mol. The molecule has 0 aliphatic rings. The van der Waals surface area contributed by atoms with E-state index < -0.39 is 0 Å². The van der Waals surface area contributed by atoms with Gasteiger partial charge in [0.25, 0.3) is 0 Å². The van der Waals surface area contributed by atoms with Gasteiger partial charge in [-0.1, -0.05) is 33.6 Å². The molecule has 0 amide bonds. The lowest BCUT2D eigenvalue weighted by atomic mass is 9.86. The number of carbonyl (C=O) groups is 1. The maximum Gasteiger partial charge on any atom is 0.306 e. The van der Waals surface area contributed by atoms with Crippen molar-refractivity contribution in [3.05, 3.63) is 0 Å². The molecule has 0 aromatic carbocycles. The van der Waals surface area contributed by atoms with E-state index in [0.29, 0.717) is 12.3 Å². The van der Waals surface area contributed by atoms with E-state index in [1.54, 1.807) is 0 Å². The van der Waals surface area contributed by atoms with Gasteiger partial charge < -0.3 is 4.74 Å². The Hall–Kier alpha value is -0.530. The van der Waals surface area contributed by atoms with E-state index in [1.807, 2.05) is 13.8 Å². The average molecular weight is 228 g/mol. The quantitative estimate of drug-likeness (QED) is 0.456. The van der Waals surface area contributed by atoms with E-state index in [4.69, 9.17) is 4.74 Å². The summed E-state index contributed by atoms with van der Waals surface area (Å²) in [5, 5.41) is 0. The third kappa shape index (κ3) is 5.53. The fourth-order valence-corrected chi connectivity index (χ4v) is 2.22. The van der Waals surface area contributed by atoms with Gasteiger partial charge in [-0.15, -0.1) is 0 Å². The molecule has 0 aromatic rings. The molecule has 0 aliphatic carbocycles. The zero-order valence-electron chi connectivity index (χ0n) is 11.6. The highest BCUT2D eigenvalue weighted by molar-refractivity contribution is 5.69. The fraction of sp³-hybridized carbons (Fsp3) is 0.929. The van der Waals surface area contributed by atoms with E-state index in [2.05, 4.69) is 20.8 Å². The number of hydrogen-bond acceptors (Lipinski definition) is 2. The summed E-state index contributed by atoms with van der Waals surface area (Å²) in [4.78, 5) is 11.6. The molecule has 0 rings (SSSR count). The molecule has 0 N–H and O–H groups in total. The van der Waals surface area contributed by atoms with Crippen LogP contribution in [0, 0.1) is 5.92 Å². The van der Waals surface area contributed by atoms with Gasteiger partial charge >= 0.3 is 5.97 Å². The Labute approximate surface area is 101 Å². The van der Waals surface area contributed by atoms with Gasteiger partial charge in [0, 0.05) is 6.42 Å². The van der Waals surface area contributed by atoms with Crippen molar-refractivity contribution >= 4 is 5.97 Å². The van der Waals surface area contributed by atoms with E-state index >= 15 is 0 Å². The first-order valence-corrected chi connectivity index (χ1v) is 6.69. The van der Waals surface area contributed by atoms with E-state index in [0.717, 1.165) is 32.1 Å². The molecule has 0 unspecified atom stereocenters. The summed E-state index contributed by atoms with van der Waals surface area (Å²) in [5.74, 6) is 0.424. The van der Waals surface area contributed by atoms with Crippen molar-refractivity contribution in [2.75, 3.05) is 0 Å². The minimum absolute atomic E-state index is 0.0367. The van der Waals surface area contributed by atoms with Gasteiger partial charge in [-0.05, 0) is 39.0 Å². The zero-order valence-corrected chi connectivity index (χ0v) is 11.6. The maximum atomic E-state index is 11.6. The SMILES string of the molecule is CCCCCC(=O)OC(C)(C)C(CC)CC. The molecule has 0 atom stereocenters. The predicted octanol–water partition coefficient (Wildman–Crippen LogP) is 4.32. The summed E-state index contributed by atoms with van der Waals surface area (Å²) in [5.41, 5.74) is -0.313. The van der Waals surface area contributed by atoms with E-state index in [9.17, 15) is 4.79 Å². The van der Waals surface area contributed by atoms with Crippen molar-refractivity contribution in [2.24, 2.45) is 5.92 Å². The number of hydrogen-bond donors (Lipinski definition) is 0. The molecule has 0 aliphatic heterocycles. The first-order chi connectivity index (χ1) is 7.47. The first kappa shape index (κ1) is 15.5. The van der Waals surface area contributed by atoms with Crippen molar-refractivity contribution in [3.8, 4) is 0 Å². The van der Waals surface area contributed by atoms with Gasteiger partial charge in [-0.2, -0.15) is 0 Å². The average Bonchev–Trinajstić information content (AvgIpc) is 2.18. The minimum atomic E-state index is -0.313. The third-order valence-corrected chi connectivity index (χ3v) is 3.33. The molecule has 0 saturated heterocycles. The van der Waals surface area contributed by atoms with Crippen LogP contribution in [0.2, 0.25) is 0 Å².